The summed E-state index contributed by atoms with van der Waals surface area (Å²) in [6.45, 7) is 0.339. The Kier molecular flexibility index (Phi) is 5.70. The van der Waals surface area contributed by atoms with E-state index in [4.69, 9.17) is 9.47 Å². The zero-order valence-electron chi connectivity index (χ0n) is 17.0. The summed E-state index contributed by atoms with van der Waals surface area (Å²) in [7, 11) is 1.26. The van der Waals surface area contributed by atoms with Gasteiger partial charge in [0.25, 0.3) is 11.8 Å². The van der Waals surface area contributed by atoms with Crippen LogP contribution in [0.2, 0.25) is 0 Å². The highest BCUT2D eigenvalue weighted by Gasteiger charge is 2.49. The summed E-state index contributed by atoms with van der Waals surface area (Å²) < 4.78 is 10.2. The van der Waals surface area contributed by atoms with Gasteiger partial charge in [-0.15, -0.1) is 0 Å². The monoisotopic (exact) mass is 422 g/mol. The topological polar surface area (TPSA) is 93.2 Å². The highest BCUT2D eigenvalue weighted by molar-refractivity contribution is 6.21. The third kappa shape index (κ3) is 3.88. The molecule has 2 atom stereocenters. The molecule has 0 saturated carbocycles. The molecule has 0 bridgehead atoms. The molecule has 0 N–H and O–H groups in total. The van der Waals surface area contributed by atoms with Gasteiger partial charge in [0.1, 0.15) is 6.61 Å². The lowest BCUT2D eigenvalue weighted by molar-refractivity contribution is -0.142. The predicted octanol–water partition coefficient (Wildman–Crippen LogP) is 2.63. The van der Waals surface area contributed by atoms with Crippen molar-refractivity contribution in [1.29, 1.82) is 0 Å². The standard InChI is InChI=1S/C23H22N2O6/c1-30-20(26)13-19-18(25-21(27)16-9-5-6-10-17(16)22(25)28)11-12-24(19)23(29)31-14-15-7-3-2-4-8-15/h2-10,18-19H,11-14H2,1H3. The predicted molar refractivity (Wildman–Crippen MR) is 109 cm³/mol. The van der Waals surface area contributed by atoms with Crippen LogP contribution in [-0.2, 0) is 20.9 Å². The van der Waals surface area contributed by atoms with E-state index in [0.717, 1.165) is 5.56 Å². The van der Waals surface area contributed by atoms with Crippen molar-refractivity contribution < 1.29 is 28.7 Å². The number of esters is 1. The van der Waals surface area contributed by atoms with E-state index in [-0.39, 0.29) is 19.6 Å². The number of carbonyl (C=O) groups excluding carboxylic acids is 4. The number of hydrogen-bond acceptors (Lipinski definition) is 6. The largest absolute Gasteiger partial charge is 0.469 e. The molecule has 1 fully saturated rings. The second-order valence-electron chi connectivity index (χ2n) is 7.46. The van der Waals surface area contributed by atoms with Gasteiger partial charge in [0, 0.05) is 6.54 Å². The first-order valence-electron chi connectivity index (χ1n) is 10.0. The molecule has 0 aliphatic carbocycles. The Morgan fingerprint density at radius 2 is 1.58 bits per heavy atom. The summed E-state index contributed by atoms with van der Waals surface area (Å²) in [5.74, 6) is -1.37. The van der Waals surface area contributed by atoms with Crippen LogP contribution in [0.1, 0.15) is 39.1 Å². The van der Waals surface area contributed by atoms with Crippen LogP contribution < -0.4 is 0 Å². The van der Waals surface area contributed by atoms with Gasteiger partial charge in [-0.25, -0.2) is 4.79 Å². The third-order valence-electron chi connectivity index (χ3n) is 5.71. The van der Waals surface area contributed by atoms with E-state index in [9.17, 15) is 19.2 Å². The van der Waals surface area contributed by atoms with E-state index in [1.807, 2.05) is 30.3 Å². The fourth-order valence-electron chi connectivity index (χ4n) is 4.18. The molecule has 0 spiro atoms. The molecule has 160 valence electrons. The summed E-state index contributed by atoms with van der Waals surface area (Å²) in [5, 5.41) is 0. The van der Waals surface area contributed by atoms with Crippen LogP contribution >= 0.6 is 0 Å². The lowest BCUT2D eigenvalue weighted by atomic mass is 10.0. The fraction of sp³-hybridized carbons (Fsp3) is 0.304. The molecule has 0 radical (unpaired) electrons. The third-order valence-corrected chi connectivity index (χ3v) is 5.71. The second-order valence-corrected chi connectivity index (χ2v) is 7.46. The smallest absolute Gasteiger partial charge is 0.410 e. The van der Waals surface area contributed by atoms with Crippen LogP contribution in [0.15, 0.2) is 54.6 Å². The lowest BCUT2D eigenvalue weighted by Crippen LogP contribution is -2.50. The molecular weight excluding hydrogens is 400 g/mol. The van der Waals surface area contributed by atoms with Gasteiger partial charge >= 0.3 is 12.1 Å². The Morgan fingerprint density at radius 1 is 0.968 bits per heavy atom. The van der Waals surface area contributed by atoms with Crippen molar-refractivity contribution in [3.63, 3.8) is 0 Å². The number of carbonyl (C=O) groups is 4. The first kappa shape index (κ1) is 20.6. The Labute approximate surface area is 179 Å². The van der Waals surface area contributed by atoms with Crippen molar-refractivity contribution in [2.24, 2.45) is 0 Å². The first-order chi connectivity index (χ1) is 15.0. The minimum atomic E-state index is -0.724. The maximum Gasteiger partial charge on any atom is 0.410 e. The van der Waals surface area contributed by atoms with Crippen molar-refractivity contribution >= 4 is 23.9 Å². The van der Waals surface area contributed by atoms with E-state index >= 15 is 0 Å². The van der Waals surface area contributed by atoms with E-state index < -0.39 is 36.0 Å². The Hall–Kier alpha value is -3.68. The number of fused-ring (bicyclic) bond motifs is 1. The molecule has 4 rings (SSSR count). The molecule has 2 aliphatic heterocycles. The number of likely N-dealkylation sites (tertiary alicyclic amines) is 1. The summed E-state index contributed by atoms with van der Waals surface area (Å²) in [6, 6.07) is 14.5. The fourth-order valence-corrected chi connectivity index (χ4v) is 4.18. The van der Waals surface area contributed by atoms with Crippen molar-refractivity contribution in [3.05, 3.63) is 71.3 Å². The van der Waals surface area contributed by atoms with Gasteiger partial charge in [-0.05, 0) is 24.1 Å². The van der Waals surface area contributed by atoms with Crippen molar-refractivity contribution in [2.45, 2.75) is 31.5 Å². The summed E-state index contributed by atoms with van der Waals surface area (Å²) in [6.07, 6.45) is -0.389. The zero-order chi connectivity index (χ0) is 22.0. The number of nitrogens with zero attached hydrogens (tertiary/aromatic N) is 2. The second kappa shape index (κ2) is 8.59. The van der Waals surface area contributed by atoms with E-state index in [1.54, 1.807) is 24.3 Å². The average Bonchev–Trinajstić information content (AvgIpc) is 3.31. The lowest BCUT2D eigenvalue weighted by Gasteiger charge is -2.31. The number of methoxy groups -OCH3 is 1. The quantitative estimate of drug-likeness (QED) is 0.543. The molecule has 3 amide bonds. The number of benzene rings is 2. The number of imide groups is 1. The van der Waals surface area contributed by atoms with Gasteiger partial charge in [-0.2, -0.15) is 0 Å². The van der Waals surface area contributed by atoms with Crippen molar-refractivity contribution in [2.75, 3.05) is 13.7 Å². The van der Waals surface area contributed by atoms with Gasteiger partial charge in [0.05, 0.1) is 36.7 Å². The highest BCUT2D eigenvalue weighted by Crippen LogP contribution is 2.33. The summed E-state index contributed by atoms with van der Waals surface area (Å²) in [4.78, 5) is 53.3. The van der Waals surface area contributed by atoms with E-state index in [0.29, 0.717) is 17.5 Å². The van der Waals surface area contributed by atoms with Crippen LogP contribution in [0.4, 0.5) is 4.79 Å². The molecule has 0 aromatic heterocycles. The van der Waals surface area contributed by atoms with Gasteiger partial charge in [0.15, 0.2) is 0 Å². The van der Waals surface area contributed by atoms with Gasteiger partial charge in [0.2, 0.25) is 0 Å². The molecular formula is C23H22N2O6. The molecule has 8 nitrogen and oxygen atoms in total. The molecule has 31 heavy (non-hydrogen) atoms. The Bertz CT molecular complexity index is 987. The van der Waals surface area contributed by atoms with Crippen molar-refractivity contribution in [1.82, 2.24) is 9.80 Å². The molecule has 2 heterocycles. The number of ether oxygens (including phenoxy) is 2. The zero-order valence-corrected chi connectivity index (χ0v) is 17.0. The molecule has 8 heteroatoms. The van der Waals surface area contributed by atoms with Crippen LogP contribution in [0.3, 0.4) is 0 Å². The molecule has 2 unspecified atom stereocenters. The normalized spacial score (nSPS) is 20.0. The minimum Gasteiger partial charge on any atom is -0.469 e. The van der Waals surface area contributed by atoms with Crippen LogP contribution in [0.25, 0.3) is 0 Å². The summed E-state index contributed by atoms with van der Waals surface area (Å²) >= 11 is 0. The van der Waals surface area contributed by atoms with Gasteiger partial charge in [-0.3, -0.25) is 19.3 Å². The number of hydrogen-bond donors (Lipinski definition) is 0. The first-order valence-corrected chi connectivity index (χ1v) is 10.0. The van der Waals surface area contributed by atoms with Crippen molar-refractivity contribution in [3.8, 4) is 0 Å². The van der Waals surface area contributed by atoms with Crippen LogP contribution in [0.5, 0.6) is 0 Å². The SMILES string of the molecule is COC(=O)CC1C(N2C(=O)c3ccccc3C2=O)CCN1C(=O)OCc1ccccc1. The Morgan fingerprint density at radius 3 is 2.19 bits per heavy atom. The minimum absolute atomic E-state index is 0.0821. The van der Waals surface area contributed by atoms with Crippen LogP contribution in [-0.4, -0.2) is 59.4 Å². The van der Waals surface area contributed by atoms with E-state index in [2.05, 4.69) is 0 Å². The number of amides is 3. The highest BCUT2D eigenvalue weighted by atomic mass is 16.6. The molecule has 2 aromatic rings. The maximum atomic E-state index is 12.9. The Balaban J connectivity index is 1.54. The molecule has 2 aromatic carbocycles. The van der Waals surface area contributed by atoms with Crippen LogP contribution in [0, 0.1) is 0 Å². The van der Waals surface area contributed by atoms with Gasteiger partial charge < -0.3 is 14.4 Å². The maximum absolute atomic E-state index is 12.9. The molecule has 1 saturated heterocycles. The van der Waals surface area contributed by atoms with E-state index in [1.165, 1.54) is 16.9 Å². The summed E-state index contributed by atoms with van der Waals surface area (Å²) in [5.41, 5.74) is 1.49. The number of rotatable bonds is 5. The average molecular weight is 422 g/mol. The van der Waals surface area contributed by atoms with Gasteiger partial charge in [-0.1, -0.05) is 42.5 Å². The molecule has 2 aliphatic rings.